The Labute approximate surface area is 121 Å². The largest absolute Gasteiger partial charge is 0.416 e. The molecule has 0 saturated heterocycles. The maximum absolute atomic E-state index is 12.9. The summed E-state index contributed by atoms with van der Waals surface area (Å²) in [7, 11) is -2.11. The average molecular weight is 313 g/mol. The highest BCUT2D eigenvalue weighted by atomic mass is 35.5. The third kappa shape index (κ3) is 1.82. The van der Waals surface area contributed by atoms with Gasteiger partial charge in [-0.25, -0.2) is 0 Å². The van der Waals surface area contributed by atoms with Crippen molar-refractivity contribution in [3.05, 3.63) is 47.0 Å². The van der Waals surface area contributed by atoms with Crippen molar-refractivity contribution in [1.82, 2.24) is 0 Å². The van der Waals surface area contributed by atoms with E-state index in [1.54, 1.807) is 12.1 Å². The molecule has 0 atom stereocenters. The molecule has 1 heterocycles. The topological polar surface area (TPSA) is 0 Å². The van der Waals surface area contributed by atoms with E-state index in [0.717, 1.165) is 27.6 Å². The van der Waals surface area contributed by atoms with Gasteiger partial charge in [0.1, 0.15) is 8.07 Å². The Balaban J connectivity index is 2.31. The molecule has 0 aromatic heterocycles. The molecule has 0 spiro atoms. The number of alkyl halides is 3. The Morgan fingerprint density at radius 3 is 2.35 bits per heavy atom. The SMILES string of the molecule is C[Si]1(C)c2cc(C(F)(F)F)ccc2-c2c(Cl)cccc21. The summed E-state index contributed by atoms with van der Waals surface area (Å²) in [5.74, 6) is 0. The first-order valence-corrected chi connectivity index (χ1v) is 9.62. The van der Waals surface area contributed by atoms with E-state index in [0.29, 0.717) is 5.02 Å². The molecular formula is C15H12ClF3Si. The van der Waals surface area contributed by atoms with Crippen LogP contribution >= 0.6 is 11.6 Å². The van der Waals surface area contributed by atoms with Crippen LogP contribution in [0.25, 0.3) is 11.1 Å². The van der Waals surface area contributed by atoms with Gasteiger partial charge in [-0.15, -0.1) is 0 Å². The molecule has 20 heavy (non-hydrogen) atoms. The molecule has 2 aromatic carbocycles. The Kier molecular flexibility index (Phi) is 2.82. The van der Waals surface area contributed by atoms with Gasteiger partial charge >= 0.3 is 6.18 Å². The van der Waals surface area contributed by atoms with E-state index < -0.39 is 19.8 Å². The van der Waals surface area contributed by atoms with Crippen LogP contribution in [0.2, 0.25) is 18.1 Å². The maximum Gasteiger partial charge on any atom is 0.416 e. The zero-order valence-corrected chi connectivity index (χ0v) is 12.7. The summed E-state index contributed by atoms with van der Waals surface area (Å²) < 4.78 is 38.7. The minimum atomic E-state index is -4.31. The van der Waals surface area contributed by atoms with Gasteiger partial charge in [0, 0.05) is 5.02 Å². The predicted octanol–water partition coefficient (Wildman–Crippen LogP) is 4.16. The van der Waals surface area contributed by atoms with Gasteiger partial charge in [-0.3, -0.25) is 0 Å². The van der Waals surface area contributed by atoms with Crippen LogP contribution in [0.3, 0.4) is 0 Å². The lowest BCUT2D eigenvalue weighted by atomic mass is 10.0. The van der Waals surface area contributed by atoms with Crippen molar-refractivity contribution in [2.75, 3.05) is 0 Å². The second-order valence-corrected chi connectivity index (χ2v) is 10.3. The zero-order valence-electron chi connectivity index (χ0n) is 11.0. The maximum atomic E-state index is 12.9. The fourth-order valence-electron chi connectivity index (χ4n) is 2.92. The van der Waals surface area contributed by atoms with Crippen molar-refractivity contribution in [2.45, 2.75) is 19.3 Å². The third-order valence-corrected chi connectivity index (χ3v) is 7.82. The molecule has 0 bridgehead atoms. The van der Waals surface area contributed by atoms with E-state index in [-0.39, 0.29) is 0 Å². The summed E-state index contributed by atoms with van der Waals surface area (Å²) in [6, 6.07) is 9.65. The molecule has 0 unspecified atom stereocenters. The molecule has 1 aliphatic heterocycles. The zero-order chi connectivity index (χ0) is 14.7. The highest BCUT2D eigenvalue weighted by Crippen LogP contribution is 2.36. The van der Waals surface area contributed by atoms with Crippen LogP contribution in [-0.2, 0) is 6.18 Å². The van der Waals surface area contributed by atoms with Crippen LogP contribution in [-0.4, -0.2) is 8.07 Å². The molecular weight excluding hydrogens is 301 g/mol. The quantitative estimate of drug-likeness (QED) is 0.641. The van der Waals surface area contributed by atoms with Crippen LogP contribution in [0.5, 0.6) is 0 Å². The normalized spacial score (nSPS) is 15.9. The molecule has 0 nitrogen and oxygen atoms in total. The lowest BCUT2D eigenvalue weighted by Gasteiger charge is -2.19. The standard InChI is InChI=1S/C15H12ClF3Si/c1-20(2)12-5-3-4-11(16)14(12)10-7-6-9(8-13(10)20)15(17,18)19/h3-8H,1-2H3. The molecule has 3 rings (SSSR count). The van der Waals surface area contributed by atoms with Crippen molar-refractivity contribution in [3.63, 3.8) is 0 Å². The van der Waals surface area contributed by atoms with Gasteiger partial charge < -0.3 is 0 Å². The molecule has 0 aliphatic carbocycles. The van der Waals surface area contributed by atoms with Crippen LogP contribution in [0.4, 0.5) is 13.2 Å². The van der Waals surface area contributed by atoms with Crippen molar-refractivity contribution >= 4 is 30.0 Å². The lowest BCUT2D eigenvalue weighted by Crippen LogP contribution is -2.49. The molecule has 2 aromatic rings. The van der Waals surface area contributed by atoms with Gasteiger partial charge in [-0.2, -0.15) is 13.2 Å². The fourth-order valence-corrected chi connectivity index (χ4v) is 6.37. The monoisotopic (exact) mass is 312 g/mol. The fraction of sp³-hybridized carbons (Fsp3) is 0.200. The van der Waals surface area contributed by atoms with Gasteiger partial charge in [0.25, 0.3) is 0 Å². The summed E-state index contributed by atoms with van der Waals surface area (Å²) in [5.41, 5.74) is 1.19. The Morgan fingerprint density at radius 2 is 1.70 bits per heavy atom. The van der Waals surface area contributed by atoms with Crippen molar-refractivity contribution in [1.29, 1.82) is 0 Å². The molecule has 0 radical (unpaired) electrons. The van der Waals surface area contributed by atoms with Crippen molar-refractivity contribution in [3.8, 4) is 11.1 Å². The second-order valence-electron chi connectivity index (χ2n) is 5.55. The minimum Gasteiger partial charge on any atom is -0.166 e. The molecule has 5 heteroatoms. The minimum absolute atomic E-state index is 0.583. The number of hydrogen-bond donors (Lipinski definition) is 0. The first-order chi connectivity index (χ1) is 9.23. The molecule has 0 N–H and O–H groups in total. The average Bonchev–Trinajstić information content (AvgIpc) is 2.59. The highest BCUT2D eigenvalue weighted by molar-refractivity contribution is 7.04. The second kappa shape index (κ2) is 4.12. The number of benzene rings is 2. The van der Waals surface area contributed by atoms with Crippen LogP contribution in [0.1, 0.15) is 5.56 Å². The van der Waals surface area contributed by atoms with E-state index in [1.165, 1.54) is 6.07 Å². The van der Waals surface area contributed by atoms with Crippen molar-refractivity contribution < 1.29 is 13.2 Å². The number of hydrogen-bond acceptors (Lipinski definition) is 0. The summed E-state index contributed by atoms with van der Waals surface area (Å²) in [5, 5.41) is 2.54. The lowest BCUT2D eigenvalue weighted by molar-refractivity contribution is -0.137. The smallest absolute Gasteiger partial charge is 0.166 e. The molecule has 0 fully saturated rings. The summed E-state index contributed by atoms with van der Waals surface area (Å²) >= 11 is 6.25. The number of halogens is 4. The Hall–Kier alpha value is -1.26. The first-order valence-electron chi connectivity index (χ1n) is 6.24. The van der Waals surface area contributed by atoms with Gasteiger partial charge in [-0.05, 0) is 39.7 Å². The summed E-state index contributed by atoms with van der Waals surface area (Å²) in [6.45, 7) is 4.13. The molecule has 104 valence electrons. The van der Waals surface area contributed by atoms with Gasteiger partial charge in [0.2, 0.25) is 0 Å². The van der Waals surface area contributed by atoms with Gasteiger partial charge in [0.05, 0.1) is 5.56 Å². The molecule has 0 saturated carbocycles. The highest BCUT2D eigenvalue weighted by Gasteiger charge is 2.40. The number of fused-ring (bicyclic) bond motifs is 3. The van der Waals surface area contributed by atoms with Gasteiger partial charge in [0.15, 0.2) is 0 Å². The van der Waals surface area contributed by atoms with E-state index in [4.69, 9.17) is 11.6 Å². The molecule has 1 aliphatic rings. The summed E-state index contributed by atoms with van der Waals surface area (Å²) in [6.07, 6.45) is -4.31. The van der Waals surface area contributed by atoms with Gasteiger partial charge in [-0.1, -0.05) is 42.9 Å². The first kappa shape index (κ1) is 13.7. The van der Waals surface area contributed by atoms with E-state index in [2.05, 4.69) is 13.1 Å². The Morgan fingerprint density at radius 1 is 1.00 bits per heavy atom. The van der Waals surface area contributed by atoms with E-state index in [1.807, 2.05) is 12.1 Å². The Bertz CT molecular complexity index is 705. The van der Waals surface area contributed by atoms with Crippen LogP contribution in [0, 0.1) is 0 Å². The van der Waals surface area contributed by atoms with E-state index >= 15 is 0 Å². The number of rotatable bonds is 0. The molecule has 0 amide bonds. The van der Waals surface area contributed by atoms with Crippen LogP contribution in [0.15, 0.2) is 36.4 Å². The van der Waals surface area contributed by atoms with Crippen LogP contribution < -0.4 is 10.4 Å². The summed E-state index contributed by atoms with van der Waals surface area (Å²) in [4.78, 5) is 0. The van der Waals surface area contributed by atoms with E-state index in [9.17, 15) is 13.2 Å². The van der Waals surface area contributed by atoms with Crippen molar-refractivity contribution in [2.24, 2.45) is 0 Å². The predicted molar refractivity (Wildman–Crippen MR) is 78.6 cm³/mol. The third-order valence-electron chi connectivity index (χ3n) is 3.98.